The van der Waals surface area contributed by atoms with Crippen LogP contribution in [-0.4, -0.2) is 42.7 Å². The van der Waals surface area contributed by atoms with Crippen LogP contribution in [-0.2, 0) is 6.54 Å². The number of aromatic nitrogens is 4. The molecule has 0 bridgehead atoms. The molecule has 0 amide bonds. The lowest BCUT2D eigenvalue weighted by molar-refractivity contribution is 0.287. The van der Waals surface area contributed by atoms with Crippen LogP contribution < -0.4 is 0 Å². The molecule has 0 saturated carbocycles. The summed E-state index contributed by atoms with van der Waals surface area (Å²) < 4.78 is 1.37. The number of hydrogen-bond acceptors (Lipinski definition) is 5. The van der Waals surface area contributed by atoms with Crippen LogP contribution >= 0.6 is 0 Å². The Hall–Kier alpha value is -1.69. The van der Waals surface area contributed by atoms with E-state index >= 15 is 0 Å². The first-order chi connectivity index (χ1) is 8.17. The molecule has 0 atom stereocenters. The Labute approximate surface area is 99.9 Å². The summed E-state index contributed by atoms with van der Waals surface area (Å²) in [4.78, 5) is 10.5. The van der Waals surface area contributed by atoms with E-state index < -0.39 is 0 Å². The van der Waals surface area contributed by atoms with E-state index in [1.54, 1.807) is 0 Å². The monoisotopic (exact) mass is 235 g/mol. The summed E-state index contributed by atoms with van der Waals surface area (Å²) in [5.74, 6) is 0.570. The van der Waals surface area contributed by atoms with Gasteiger partial charge in [0.15, 0.2) is 0 Å². The highest BCUT2D eigenvalue weighted by atomic mass is 16.3. The molecular weight excluding hydrogens is 218 g/mol. The van der Waals surface area contributed by atoms with Crippen LogP contribution in [0, 0.1) is 6.92 Å². The number of nitrogens with zero attached hydrogens (tertiary/aromatic N) is 5. The van der Waals surface area contributed by atoms with Crippen molar-refractivity contribution in [2.75, 3.05) is 13.1 Å². The quantitative estimate of drug-likeness (QED) is 0.855. The fourth-order valence-corrected chi connectivity index (χ4v) is 1.82. The Balaban J connectivity index is 2.45. The standard InChI is InChI=1S/C11H17N5O/c1-4-15(5-2)6-9-8(3)14-11-12-7-13-16(11)10(9)17/h7,17H,4-6H2,1-3H3. The van der Waals surface area contributed by atoms with E-state index in [1.165, 1.54) is 10.8 Å². The van der Waals surface area contributed by atoms with Gasteiger partial charge >= 0.3 is 0 Å². The van der Waals surface area contributed by atoms with E-state index in [0.29, 0.717) is 12.3 Å². The lowest BCUT2D eigenvalue weighted by Gasteiger charge is -2.19. The van der Waals surface area contributed by atoms with Crippen LogP contribution in [0.4, 0.5) is 0 Å². The summed E-state index contributed by atoms with van der Waals surface area (Å²) >= 11 is 0. The second-order valence-corrected chi connectivity index (χ2v) is 3.93. The van der Waals surface area contributed by atoms with Crippen molar-refractivity contribution >= 4 is 5.78 Å². The Kier molecular flexibility index (Phi) is 3.23. The van der Waals surface area contributed by atoms with E-state index in [2.05, 4.69) is 33.8 Å². The fourth-order valence-electron chi connectivity index (χ4n) is 1.82. The summed E-state index contributed by atoms with van der Waals surface area (Å²) in [5.41, 5.74) is 1.61. The van der Waals surface area contributed by atoms with Crippen molar-refractivity contribution < 1.29 is 5.11 Å². The Bertz CT molecular complexity index is 518. The van der Waals surface area contributed by atoms with Gasteiger partial charge in [0.25, 0.3) is 5.78 Å². The fraction of sp³-hybridized carbons (Fsp3) is 0.545. The van der Waals surface area contributed by atoms with Crippen molar-refractivity contribution in [3.63, 3.8) is 0 Å². The third-order valence-corrected chi connectivity index (χ3v) is 2.98. The highest BCUT2D eigenvalue weighted by Gasteiger charge is 2.15. The lowest BCUT2D eigenvalue weighted by Crippen LogP contribution is -2.23. The van der Waals surface area contributed by atoms with Gasteiger partial charge in [-0.15, -0.1) is 0 Å². The molecule has 0 unspecified atom stereocenters. The highest BCUT2D eigenvalue weighted by Crippen LogP contribution is 2.21. The van der Waals surface area contributed by atoms with Gasteiger partial charge in [0.1, 0.15) is 6.33 Å². The molecule has 0 aliphatic heterocycles. The minimum atomic E-state index is 0.136. The maximum Gasteiger partial charge on any atom is 0.255 e. The Morgan fingerprint density at radius 1 is 1.35 bits per heavy atom. The smallest absolute Gasteiger partial charge is 0.255 e. The molecule has 0 radical (unpaired) electrons. The third kappa shape index (κ3) is 2.08. The molecule has 17 heavy (non-hydrogen) atoms. The first kappa shape index (κ1) is 11.8. The maximum atomic E-state index is 10.2. The topological polar surface area (TPSA) is 66.6 Å². The molecule has 0 fully saturated rings. The Morgan fingerprint density at radius 2 is 2.06 bits per heavy atom. The normalized spacial score (nSPS) is 11.5. The molecule has 0 aromatic carbocycles. The molecule has 2 aromatic heterocycles. The number of fused-ring (bicyclic) bond motifs is 1. The molecule has 0 aliphatic carbocycles. The van der Waals surface area contributed by atoms with E-state index in [4.69, 9.17) is 0 Å². The van der Waals surface area contributed by atoms with Gasteiger partial charge in [0.05, 0.1) is 5.69 Å². The minimum Gasteiger partial charge on any atom is -0.493 e. The molecule has 6 nitrogen and oxygen atoms in total. The van der Waals surface area contributed by atoms with Crippen molar-refractivity contribution in [1.82, 2.24) is 24.5 Å². The van der Waals surface area contributed by atoms with E-state index in [-0.39, 0.29) is 5.88 Å². The van der Waals surface area contributed by atoms with E-state index in [9.17, 15) is 5.11 Å². The van der Waals surface area contributed by atoms with Crippen molar-refractivity contribution in [3.05, 3.63) is 17.6 Å². The largest absolute Gasteiger partial charge is 0.493 e. The molecule has 1 N–H and O–H groups in total. The zero-order valence-corrected chi connectivity index (χ0v) is 10.4. The zero-order chi connectivity index (χ0) is 12.4. The molecule has 0 saturated heterocycles. The number of aromatic hydroxyl groups is 1. The molecular formula is C11H17N5O. The first-order valence-electron chi connectivity index (χ1n) is 5.77. The van der Waals surface area contributed by atoms with Crippen molar-refractivity contribution in [2.24, 2.45) is 0 Å². The average molecular weight is 235 g/mol. The Morgan fingerprint density at radius 3 is 2.71 bits per heavy atom. The van der Waals surface area contributed by atoms with Gasteiger partial charge in [-0.1, -0.05) is 13.8 Å². The van der Waals surface area contributed by atoms with Gasteiger partial charge < -0.3 is 5.11 Å². The third-order valence-electron chi connectivity index (χ3n) is 2.98. The average Bonchev–Trinajstić information content (AvgIpc) is 2.77. The number of aryl methyl sites for hydroxylation is 1. The summed E-state index contributed by atoms with van der Waals surface area (Å²) in [6, 6.07) is 0. The van der Waals surface area contributed by atoms with Gasteiger partial charge in [-0.25, -0.2) is 4.98 Å². The second-order valence-electron chi connectivity index (χ2n) is 3.93. The molecule has 92 valence electrons. The molecule has 2 rings (SSSR count). The lowest BCUT2D eigenvalue weighted by atomic mass is 10.2. The van der Waals surface area contributed by atoms with Crippen LogP contribution in [0.1, 0.15) is 25.1 Å². The molecule has 0 spiro atoms. The maximum absolute atomic E-state index is 10.2. The van der Waals surface area contributed by atoms with Crippen LogP contribution in [0.3, 0.4) is 0 Å². The summed E-state index contributed by atoms with van der Waals surface area (Å²) in [5, 5.41) is 14.1. The summed E-state index contributed by atoms with van der Waals surface area (Å²) in [7, 11) is 0. The van der Waals surface area contributed by atoms with Gasteiger partial charge in [-0.3, -0.25) is 4.90 Å². The SMILES string of the molecule is CCN(CC)Cc1c(C)nc2ncnn2c1O. The van der Waals surface area contributed by atoms with E-state index in [1.807, 2.05) is 6.92 Å². The van der Waals surface area contributed by atoms with Gasteiger partial charge in [0, 0.05) is 12.1 Å². The number of hydrogen-bond donors (Lipinski definition) is 1. The van der Waals surface area contributed by atoms with Crippen LogP contribution in [0.5, 0.6) is 5.88 Å². The number of rotatable bonds is 4. The van der Waals surface area contributed by atoms with Crippen LogP contribution in [0.2, 0.25) is 0 Å². The second kappa shape index (κ2) is 4.67. The van der Waals surface area contributed by atoms with Crippen molar-refractivity contribution in [1.29, 1.82) is 0 Å². The summed E-state index contributed by atoms with van der Waals surface area (Å²) in [6.07, 6.45) is 1.39. The van der Waals surface area contributed by atoms with Gasteiger partial charge in [-0.2, -0.15) is 14.6 Å². The zero-order valence-electron chi connectivity index (χ0n) is 10.4. The minimum absolute atomic E-state index is 0.136. The molecule has 0 aliphatic rings. The van der Waals surface area contributed by atoms with Crippen LogP contribution in [0.25, 0.3) is 5.78 Å². The first-order valence-corrected chi connectivity index (χ1v) is 5.77. The summed E-state index contributed by atoms with van der Waals surface area (Å²) in [6.45, 7) is 8.62. The molecule has 6 heteroatoms. The van der Waals surface area contributed by atoms with Crippen LogP contribution in [0.15, 0.2) is 6.33 Å². The molecule has 2 heterocycles. The van der Waals surface area contributed by atoms with Crippen molar-refractivity contribution in [3.8, 4) is 5.88 Å². The van der Waals surface area contributed by atoms with Crippen molar-refractivity contribution in [2.45, 2.75) is 27.3 Å². The van der Waals surface area contributed by atoms with Gasteiger partial charge in [0.2, 0.25) is 5.88 Å². The predicted molar refractivity (Wildman–Crippen MR) is 63.8 cm³/mol. The predicted octanol–water partition coefficient (Wildman–Crippen LogP) is 0.980. The molecule has 2 aromatic rings. The highest BCUT2D eigenvalue weighted by molar-refractivity contribution is 5.39. The van der Waals surface area contributed by atoms with Gasteiger partial charge in [-0.05, 0) is 20.0 Å². The van der Waals surface area contributed by atoms with E-state index in [0.717, 1.165) is 24.3 Å².